The molecule has 0 radical (unpaired) electrons. The molecule has 8 heteroatoms. The second-order valence-electron chi connectivity index (χ2n) is 9.71. The van der Waals surface area contributed by atoms with Gasteiger partial charge in [0.05, 0.1) is 6.54 Å². The van der Waals surface area contributed by atoms with Crippen LogP contribution in [0.15, 0.2) is 30.3 Å². The maximum atomic E-state index is 12.9. The number of nitrogens with zero attached hydrogens (tertiary/aromatic N) is 3. The summed E-state index contributed by atoms with van der Waals surface area (Å²) >= 11 is 0. The van der Waals surface area contributed by atoms with Gasteiger partial charge in [-0.15, -0.1) is 0 Å². The van der Waals surface area contributed by atoms with E-state index < -0.39 is 17.5 Å². The fourth-order valence-corrected chi connectivity index (χ4v) is 4.16. The lowest BCUT2D eigenvalue weighted by molar-refractivity contribution is -0.139. The van der Waals surface area contributed by atoms with E-state index in [0.29, 0.717) is 12.8 Å². The van der Waals surface area contributed by atoms with Gasteiger partial charge < -0.3 is 5.32 Å². The molecule has 170 valence electrons. The smallest absolute Gasteiger partial charge is 0.322 e. The molecule has 2 aliphatic heterocycles. The zero-order valence-electron chi connectivity index (χ0n) is 19.1. The lowest BCUT2D eigenvalue weighted by Crippen LogP contribution is -2.51. The van der Waals surface area contributed by atoms with Gasteiger partial charge in [-0.05, 0) is 65.6 Å². The number of hydrogen-bond acceptors (Lipinski definition) is 5. The van der Waals surface area contributed by atoms with Crippen LogP contribution in [0, 0.1) is 0 Å². The Morgan fingerprint density at radius 3 is 2.48 bits per heavy atom. The van der Waals surface area contributed by atoms with E-state index in [1.54, 1.807) is 6.92 Å². The molecular weight excluding hydrogens is 394 g/mol. The maximum absolute atomic E-state index is 12.9. The Labute approximate surface area is 184 Å². The van der Waals surface area contributed by atoms with Gasteiger partial charge in [-0.3, -0.25) is 24.8 Å². The third kappa shape index (κ3) is 5.83. The van der Waals surface area contributed by atoms with Gasteiger partial charge in [0.15, 0.2) is 0 Å². The van der Waals surface area contributed by atoms with E-state index in [9.17, 15) is 14.4 Å². The minimum absolute atomic E-state index is 0.0997. The van der Waals surface area contributed by atoms with Crippen molar-refractivity contribution in [3.05, 3.63) is 35.9 Å². The van der Waals surface area contributed by atoms with E-state index >= 15 is 0 Å². The number of carbonyl (C=O) groups excluding carboxylic acids is 3. The molecule has 2 aliphatic rings. The highest BCUT2D eigenvalue weighted by atomic mass is 16.2. The standard InChI is InChI=1S/C23H35N5O3/c1-22(2,3)27-14-8-13-26(15-16-27)17-19(29)25-28-20(30)23(4,24-21(28)31)12-11-18-9-6-5-7-10-18/h5-7,9-10H,8,11-17H2,1-4H3,(H,24,31)(H,25,29). The lowest BCUT2D eigenvalue weighted by Gasteiger charge is -2.34. The van der Waals surface area contributed by atoms with Gasteiger partial charge in [0.2, 0.25) is 0 Å². The quantitative estimate of drug-likeness (QED) is 0.674. The number of rotatable bonds is 6. The Kier molecular flexibility index (Phi) is 7.01. The van der Waals surface area contributed by atoms with Crippen molar-refractivity contribution < 1.29 is 14.4 Å². The van der Waals surface area contributed by atoms with Crippen molar-refractivity contribution in [2.75, 3.05) is 32.7 Å². The predicted molar refractivity (Wildman–Crippen MR) is 119 cm³/mol. The number of amides is 4. The first-order valence-corrected chi connectivity index (χ1v) is 11.1. The number of benzene rings is 1. The molecule has 1 aromatic carbocycles. The number of hydrazine groups is 1. The van der Waals surface area contributed by atoms with Crippen LogP contribution in [-0.4, -0.2) is 76.5 Å². The Balaban J connectivity index is 1.53. The van der Waals surface area contributed by atoms with Crippen molar-refractivity contribution in [1.82, 2.24) is 25.6 Å². The maximum Gasteiger partial charge on any atom is 0.344 e. The van der Waals surface area contributed by atoms with Crippen molar-refractivity contribution in [3.63, 3.8) is 0 Å². The second kappa shape index (κ2) is 9.36. The van der Waals surface area contributed by atoms with Gasteiger partial charge in [0, 0.05) is 18.6 Å². The second-order valence-corrected chi connectivity index (χ2v) is 9.71. The van der Waals surface area contributed by atoms with Crippen molar-refractivity contribution in [2.45, 2.75) is 58.0 Å². The third-order valence-electron chi connectivity index (χ3n) is 6.16. The van der Waals surface area contributed by atoms with E-state index in [1.807, 2.05) is 30.3 Å². The van der Waals surface area contributed by atoms with E-state index in [4.69, 9.17) is 0 Å². The molecule has 0 bridgehead atoms. The highest BCUT2D eigenvalue weighted by Crippen LogP contribution is 2.22. The number of nitrogens with one attached hydrogen (secondary N) is 2. The molecule has 3 rings (SSSR count). The van der Waals surface area contributed by atoms with E-state index in [0.717, 1.165) is 43.2 Å². The Bertz CT molecular complexity index is 807. The van der Waals surface area contributed by atoms with E-state index in [-0.39, 0.29) is 18.0 Å². The normalized spacial score (nSPS) is 23.5. The molecule has 1 aromatic rings. The number of aryl methyl sites for hydroxylation is 1. The van der Waals surface area contributed by atoms with Crippen molar-refractivity contribution in [3.8, 4) is 0 Å². The van der Waals surface area contributed by atoms with Crippen LogP contribution >= 0.6 is 0 Å². The van der Waals surface area contributed by atoms with Crippen molar-refractivity contribution in [1.29, 1.82) is 0 Å². The fraction of sp³-hybridized carbons (Fsp3) is 0.609. The summed E-state index contributed by atoms with van der Waals surface area (Å²) in [4.78, 5) is 42.4. The van der Waals surface area contributed by atoms with E-state index in [2.05, 4.69) is 41.3 Å². The van der Waals surface area contributed by atoms with E-state index in [1.165, 1.54) is 0 Å². The molecule has 0 aliphatic carbocycles. The zero-order chi connectivity index (χ0) is 22.6. The largest absolute Gasteiger partial charge is 0.344 e. The number of imide groups is 1. The average Bonchev–Trinajstić information content (AvgIpc) is 2.87. The van der Waals surface area contributed by atoms with Crippen molar-refractivity contribution >= 4 is 17.8 Å². The molecule has 2 fully saturated rings. The monoisotopic (exact) mass is 429 g/mol. The minimum atomic E-state index is -1.03. The van der Waals surface area contributed by atoms with Gasteiger partial charge in [-0.25, -0.2) is 4.79 Å². The van der Waals surface area contributed by atoms with Gasteiger partial charge in [0.25, 0.3) is 11.8 Å². The summed E-state index contributed by atoms with van der Waals surface area (Å²) in [5.74, 6) is -0.767. The third-order valence-corrected chi connectivity index (χ3v) is 6.16. The summed E-state index contributed by atoms with van der Waals surface area (Å²) in [5.41, 5.74) is 2.68. The summed E-state index contributed by atoms with van der Waals surface area (Å²) in [6.45, 7) is 11.9. The SMILES string of the molecule is CC1(CCc2ccccc2)NC(=O)N(NC(=O)CN2CCCN(C(C)(C)C)CC2)C1=O. The molecule has 0 aromatic heterocycles. The molecule has 1 unspecified atom stereocenters. The molecule has 0 spiro atoms. The molecule has 2 N–H and O–H groups in total. The molecule has 8 nitrogen and oxygen atoms in total. The number of hydrogen-bond donors (Lipinski definition) is 2. The summed E-state index contributed by atoms with van der Waals surface area (Å²) in [5, 5.41) is 3.58. The average molecular weight is 430 g/mol. The first-order valence-electron chi connectivity index (χ1n) is 11.1. The van der Waals surface area contributed by atoms with Crippen LogP contribution < -0.4 is 10.7 Å². The van der Waals surface area contributed by atoms with Gasteiger partial charge >= 0.3 is 6.03 Å². The molecule has 31 heavy (non-hydrogen) atoms. The summed E-state index contributed by atoms with van der Waals surface area (Å²) in [7, 11) is 0. The fourth-order valence-electron chi connectivity index (χ4n) is 4.16. The van der Waals surface area contributed by atoms with Crippen molar-refractivity contribution in [2.24, 2.45) is 0 Å². The van der Waals surface area contributed by atoms with Crippen LogP contribution in [0.1, 0.15) is 46.1 Å². The molecular formula is C23H35N5O3. The first-order chi connectivity index (χ1) is 14.6. The van der Waals surface area contributed by atoms with Crippen LogP contribution in [0.5, 0.6) is 0 Å². The van der Waals surface area contributed by atoms with Crippen LogP contribution in [0.4, 0.5) is 4.79 Å². The van der Waals surface area contributed by atoms with Gasteiger partial charge in [-0.2, -0.15) is 5.01 Å². The molecule has 1 atom stereocenters. The van der Waals surface area contributed by atoms with Gasteiger partial charge in [0.1, 0.15) is 5.54 Å². The highest BCUT2D eigenvalue weighted by Gasteiger charge is 2.48. The highest BCUT2D eigenvalue weighted by molar-refractivity contribution is 6.07. The molecule has 2 heterocycles. The summed E-state index contributed by atoms with van der Waals surface area (Å²) < 4.78 is 0. The number of carbonyl (C=O) groups is 3. The Morgan fingerprint density at radius 1 is 1.10 bits per heavy atom. The van der Waals surface area contributed by atoms with Crippen LogP contribution in [0.25, 0.3) is 0 Å². The minimum Gasteiger partial charge on any atom is -0.322 e. The lowest BCUT2D eigenvalue weighted by atomic mass is 9.93. The first kappa shape index (κ1) is 23.2. The van der Waals surface area contributed by atoms with Crippen LogP contribution in [0.3, 0.4) is 0 Å². The Morgan fingerprint density at radius 2 is 1.81 bits per heavy atom. The topological polar surface area (TPSA) is 85.0 Å². The van der Waals surface area contributed by atoms with Crippen LogP contribution in [0.2, 0.25) is 0 Å². The molecule has 2 saturated heterocycles. The summed E-state index contributed by atoms with van der Waals surface area (Å²) in [6, 6.07) is 9.24. The summed E-state index contributed by atoms with van der Waals surface area (Å²) in [6.07, 6.45) is 2.09. The number of urea groups is 1. The van der Waals surface area contributed by atoms with Crippen LogP contribution in [-0.2, 0) is 16.0 Å². The van der Waals surface area contributed by atoms with Gasteiger partial charge in [-0.1, -0.05) is 30.3 Å². The molecule has 4 amide bonds. The zero-order valence-corrected chi connectivity index (χ0v) is 19.1. The Hall–Kier alpha value is -2.45. The molecule has 0 saturated carbocycles. The predicted octanol–water partition coefficient (Wildman–Crippen LogP) is 1.77.